The quantitative estimate of drug-likeness (QED) is 0.167. The monoisotopic (exact) mass is 908 g/mol. The number of benzene rings is 10. The predicted octanol–water partition coefficient (Wildman–Crippen LogP) is 16.4. The maximum absolute atomic E-state index is 7.09. The van der Waals surface area contributed by atoms with Crippen molar-refractivity contribution >= 4 is 87.4 Å². The van der Waals surface area contributed by atoms with E-state index in [1.807, 2.05) is 66.7 Å². The Bertz CT molecular complexity index is 4530. The Morgan fingerprint density at radius 2 is 0.803 bits per heavy atom. The summed E-state index contributed by atoms with van der Waals surface area (Å²) in [5.74, 6) is 1.75. The van der Waals surface area contributed by atoms with E-state index in [2.05, 4.69) is 178 Å². The number of furan rings is 1. The maximum atomic E-state index is 7.09. The molecule has 0 amide bonds. The number of aromatic nitrogens is 6. The minimum absolute atomic E-state index is 0.554. The first-order chi connectivity index (χ1) is 35.1. The van der Waals surface area contributed by atoms with Crippen LogP contribution in [0, 0.1) is 6.92 Å². The van der Waals surface area contributed by atoms with Crippen LogP contribution in [0.15, 0.2) is 229 Å². The molecule has 5 heterocycles. The van der Waals surface area contributed by atoms with Crippen LogP contribution in [0.2, 0.25) is 0 Å². The summed E-state index contributed by atoms with van der Waals surface area (Å²) in [6.07, 6.45) is 0. The molecule has 0 saturated heterocycles. The predicted molar refractivity (Wildman–Crippen MR) is 291 cm³/mol. The fourth-order valence-corrected chi connectivity index (χ4v) is 11.3. The lowest BCUT2D eigenvalue weighted by Crippen LogP contribution is -2.03. The highest BCUT2D eigenvalue weighted by molar-refractivity contribution is 6.22. The fourth-order valence-electron chi connectivity index (χ4n) is 11.3. The summed E-state index contributed by atoms with van der Waals surface area (Å²) >= 11 is 0. The second-order valence-electron chi connectivity index (χ2n) is 18.4. The lowest BCUT2D eigenvalue weighted by molar-refractivity contribution is 0.669. The number of hydrogen-bond acceptors (Lipinski definition) is 4. The number of aryl methyl sites for hydroxylation is 1. The minimum Gasteiger partial charge on any atom is -0.455 e. The van der Waals surface area contributed by atoms with Gasteiger partial charge in [-0.1, -0.05) is 152 Å². The zero-order valence-electron chi connectivity index (χ0n) is 38.5. The van der Waals surface area contributed by atoms with Crippen molar-refractivity contribution in [2.45, 2.75) is 6.92 Å². The van der Waals surface area contributed by atoms with Gasteiger partial charge in [-0.15, -0.1) is 0 Å². The van der Waals surface area contributed by atoms with Crippen LogP contribution in [0.25, 0.3) is 139 Å². The number of fused-ring (bicyclic) bond motifs is 12. The largest absolute Gasteiger partial charge is 0.455 e. The number of hydrogen-bond donors (Lipinski definition) is 0. The van der Waals surface area contributed by atoms with Gasteiger partial charge in [0.15, 0.2) is 17.5 Å². The van der Waals surface area contributed by atoms with E-state index in [4.69, 9.17) is 19.4 Å². The SMILES string of the molecule is Cc1cc(-n2c3ccc(-n4c5ccccc5c5ccccc54)cc3c3cc4c5ccccc5n(-c5ccccc5)c4cc32)c2c(oc3ccccc32)c1-c1nc(-c2ccccc2)nc(-c2ccccc2)n1. The Hall–Kier alpha value is -9.59. The molecule has 7 nitrogen and oxygen atoms in total. The maximum Gasteiger partial charge on any atom is 0.168 e. The second kappa shape index (κ2) is 15.2. The molecule has 0 spiro atoms. The molecule has 10 aromatic carbocycles. The Labute approximate surface area is 406 Å². The third-order valence-electron chi connectivity index (χ3n) is 14.4. The van der Waals surface area contributed by atoms with Gasteiger partial charge in [-0.3, -0.25) is 0 Å². The van der Waals surface area contributed by atoms with Gasteiger partial charge in [-0.25, -0.2) is 15.0 Å². The molecule has 0 saturated carbocycles. The van der Waals surface area contributed by atoms with Gasteiger partial charge in [0.25, 0.3) is 0 Å². The van der Waals surface area contributed by atoms with Crippen LogP contribution in [-0.2, 0) is 0 Å². The summed E-state index contributed by atoms with van der Waals surface area (Å²) < 4.78 is 14.4. The summed E-state index contributed by atoms with van der Waals surface area (Å²) in [6, 6.07) is 79.7. The minimum atomic E-state index is 0.554. The van der Waals surface area contributed by atoms with Crippen molar-refractivity contribution in [2.24, 2.45) is 0 Å². The molecule has 0 atom stereocenters. The molecular formula is C64H40N6O. The number of rotatable bonds is 6. The van der Waals surface area contributed by atoms with Gasteiger partial charge in [0, 0.05) is 60.2 Å². The standard InChI is InChI=1S/C64H40N6O/c1-39-35-57(60-47-28-14-18-32-58(47)71-61(60)59(39)64-66-62(40-19-5-2-6-20-40)65-63(67-64)41-21-7-3-8-22-41)70-54-34-33-43(69-51-29-15-11-25-44(51)45-26-12-16-30-52(45)69)36-48(54)50-37-49-46-27-13-17-31-53(46)68(55(49)38-56(50)70)42-23-9-4-10-24-42/h2-38H,1H3. The topological polar surface area (TPSA) is 66.6 Å². The normalized spacial score (nSPS) is 12.0. The van der Waals surface area contributed by atoms with Crippen LogP contribution >= 0.6 is 0 Å². The van der Waals surface area contributed by atoms with E-state index in [-0.39, 0.29) is 0 Å². The molecule has 0 aliphatic heterocycles. The van der Waals surface area contributed by atoms with Crippen molar-refractivity contribution in [1.82, 2.24) is 28.7 Å². The van der Waals surface area contributed by atoms with E-state index in [9.17, 15) is 0 Å². The van der Waals surface area contributed by atoms with E-state index in [1.54, 1.807) is 0 Å². The van der Waals surface area contributed by atoms with Crippen LogP contribution in [0.4, 0.5) is 0 Å². The van der Waals surface area contributed by atoms with Crippen LogP contribution < -0.4 is 0 Å². The van der Waals surface area contributed by atoms with Crippen LogP contribution in [0.1, 0.15) is 5.56 Å². The van der Waals surface area contributed by atoms with Crippen LogP contribution in [-0.4, -0.2) is 28.7 Å². The van der Waals surface area contributed by atoms with E-state index < -0.39 is 0 Å². The zero-order chi connectivity index (χ0) is 46.7. The van der Waals surface area contributed by atoms with Crippen molar-refractivity contribution in [3.05, 3.63) is 230 Å². The summed E-state index contributed by atoms with van der Waals surface area (Å²) in [7, 11) is 0. The highest BCUT2D eigenvalue weighted by Gasteiger charge is 2.26. The van der Waals surface area contributed by atoms with Crippen molar-refractivity contribution < 1.29 is 4.42 Å². The second-order valence-corrected chi connectivity index (χ2v) is 18.4. The summed E-state index contributed by atoms with van der Waals surface area (Å²) in [5, 5.41) is 9.17. The molecule has 0 unspecified atom stereocenters. The first kappa shape index (κ1) is 39.4. The van der Waals surface area contributed by atoms with Gasteiger partial charge in [0.05, 0.1) is 49.7 Å². The molecule has 332 valence electrons. The first-order valence-electron chi connectivity index (χ1n) is 24.0. The Kier molecular flexibility index (Phi) is 8.44. The molecule has 71 heavy (non-hydrogen) atoms. The average molecular weight is 909 g/mol. The molecule has 15 aromatic rings. The van der Waals surface area contributed by atoms with E-state index in [0.29, 0.717) is 17.5 Å². The van der Waals surface area contributed by atoms with Crippen molar-refractivity contribution in [2.75, 3.05) is 0 Å². The molecule has 0 N–H and O–H groups in total. The summed E-state index contributed by atoms with van der Waals surface area (Å²) in [5.41, 5.74) is 15.2. The highest BCUT2D eigenvalue weighted by Crippen LogP contribution is 2.46. The summed E-state index contributed by atoms with van der Waals surface area (Å²) in [4.78, 5) is 15.5. The molecule has 0 radical (unpaired) electrons. The first-order valence-corrected chi connectivity index (χ1v) is 24.0. The van der Waals surface area contributed by atoms with Gasteiger partial charge in [-0.2, -0.15) is 0 Å². The lowest BCUT2D eigenvalue weighted by atomic mass is 10.0. The molecule has 15 rings (SSSR count). The van der Waals surface area contributed by atoms with Crippen molar-refractivity contribution in [3.8, 4) is 51.2 Å². The fraction of sp³-hybridized carbons (Fsp3) is 0.0156. The van der Waals surface area contributed by atoms with Gasteiger partial charge < -0.3 is 18.1 Å². The van der Waals surface area contributed by atoms with E-state index >= 15 is 0 Å². The third-order valence-corrected chi connectivity index (χ3v) is 14.4. The van der Waals surface area contributed by atoms with Gasteiger partial charge >= 0.3 is 0 Å². The molecular weight excluding hydrogens is 869 g/mol. The molecule has 0 aliphatic rings. The average Bonchev–Trinajstić information content (AvgIpc) is 4.17. The number of nitrogens with zero attached hydrogens (tertiary/aromatic N) is 6. The molecule has 0 bridgehead atoms. The van der Waals surface area contributed by atoms with Crippen LogP contribution in [0.3, 0.4) is 0 Å². The lowest BCUT2D eigenvalue weighted by Gasteiger charge is -2.15. The number of para-hydroxylation sites is 5. The molecule has 5 aromatic heterocycles. The third kappa shape index (κ3) is 5.87. The zero-order valence-corrected chi connectivity index (χ0v) is 38.5. The van der Waals surface area contributed by atoms with Gasteiger partial charge in [0.1, 0.15) is 11.2 Å². The van der Waals surface area contributed by atoms with Gasteiger partial charge in [-0.05, 0) is 85.3 Å². The Morgan fingerprint density at radius 1 is 0.338 bits per heavy atom. The summed E-state index contributed by atoms with van der Waals surface area (Å²) in [6.45, 7) is 2.15. The van der Waals surface area contributed by atoms with E-state index in [0.717, 1.165) is 94.1 Å². The smallest absolute Gasteiger partial charge is 0.168 e. The molecule has 7 heteroatoms. The van der Waals surface area contributed by atoms with Crippen LogP contribution in [0.5, 0.6) is 0 Å². The van der Waals surface area contributed by atoms with Gasteiger partial charge in [0.2, 0.25) is 0 Å². The van der Waals surface area contributed by atoms with Crippen molar-refractivity contribution in [1.29, 1.82) is 0 Å². The molecule has 0 aliphatic carbocycles. The molecule has 0 fully saturated rings. The van der Waals surface area contributed by atoms with E-state index in [1.165, 1.54) is 32.6 Å². The Balaban J connectivity index is 1.07. The Morgan fingerprint density at radius 3 is 1.44 bits per heavy atom. The van der Waals surface area contributed by atoms with Crippen molar-refractivity contribution in [3.63, 3.8) is 0 Å². The highest BCUT2D eigenvalue weighted by atomic mass is 16.3.